The molecule has 0 atom stereocenters. The van der Waals surface area contributed by atoms with Gasteiger partial charge in [0.2, 0.25) is 0 Å². The Morgan fingerprint density at radius 2 is 2.16 bits per heavy atom. The lowest BCUT2D eigenvalue weighted by molar-refractivity contribution is 0.190. The van der Waals surface area contributed by atoms with E-state index in [0.29, 0.717) is 18.5 Å². The minimum absolute atomic E-state index is 0.0723. The van der Waals surface area contributed by atoms with Crippen LogP contribution >= 0.6 is 15.9 Å². The van der Waals surface area contributed by atoms with E-state index in [1.807, 2.05) is 0 Å². The highest BCUT2D eigenvalue weighted by molar-refractivity contribution is 9.10. The number of benzene rings is 1. The SMILES string of the molecule is O=C(NCCc1cc(Br)ccc1F)N1CCNCC1. The van der Waals surface area contributed by atoms with E-state index >= 15 is 0 Å². The molecule has 0 aliphatic carbocycles. The van der Waals surface area contributed by atoms with Gasteiger partial charge in [0.05, 0.1) is 0 Å². The number of carbonyl (C=O) groups excluding carboxylic acids is 1. The highest BCUT2D eigenvalue weighted by Gasteiger charge is 2.15. The van der Waals surface area contributed by atoms with Crippen LogP contribution in [0, 0.1) is 5.82 Å². The molecule has 0 bridgehead atoms. The topological polar surface area (TPSA) is 44.4 Å². The molecule has 0 aromatic heterocycles. The number of piperazine rings is 1. The van der Waals surface area contributed by atoms with Crippen molar-refractivity contribution in [2.75, 3.05) is 32.7 Å². The summed E-state index contributed by atoms with van der Waals surface area (Å²) in [6.07, 6.45) is 0.489. The number of halogens is 2. The maximum Gasteiger partial charge on any atom is 0.317 e. The molecule has 0 radical (unpaired) electrons. The molecular formula is C13H17BrFN3O. The standard InChI is InChI=1S/C13H17BrFN3O/c14-11-1-2-12(15)10(9-11)3-4-17-13(19)18-7-5-16-6-8-18/h1-2,9,16H,3-8H2,(H,17,19). The minimum Gasteiger partial charge on any atom is -0.338 e. The summed E-state index contributed by atoms with van der Waals surface area (Å²) in [4.78, 5) is 13.6. The summed E-state index contributed by atoms with van der Waals surface area (Å²) >= 11 is 3.31. The summed E-state index contributed by atoms with van der Waals surface area (Å²) in [6, 6.07) is 4.76. The summed E-state index contributed by atoms with van der Waals surface area (Å²) in [5, 5.41) is 6.01. The van der Waals surface area contributed by atoms with Gasteiger partial charge in [0.15, 0.2) is 0 Å². The molecule has 104 valence electrons. The Morgan fingerprint density at radius 1 is 1.42 bits per heavy atom. The van der Waals surface area contributed by atoms with E-state index in [2.05, 4.69) is 26.6 Å². The lowest BCUT2D eigenvalue weighted by Gasteiger charge is -2.27. The highest BCUT2D eigenvalue weighted by Crippen LogP contribution is 2.15. The fraction of sp³-hybridized carbons (Fsp3) is 0.462. The molecule has 1 aliphatic rings. The molecule has 1 fully saturated rings. The first-order chi connectivity index (χ1) is 9.16. The van der Waals surface area contributed by atoms with Gasteiger partial charge in [-0.05, 0) is 30.2 Å². The highest BCUT2D eigenvalue weighted by atomic mass is 79.9. The van der Waals surface area contributed by atoms with Crippen LogP contribution in [0.3, 0.4) is 0 Å². The van der Waals surface area contributed by atoms with E-state index in [0.717, 1.165) is 30.7 Å². The van der Waals surface area contributed by atoms with Crippen molar-refractivity contribution in [1.82, 2.24) is 15.5 Å². The number of nitrogens with one attached hydrogen (secondary N) is 2. The van der Waals surface area contributed by atoms with Crippen LogP contribution in [0.5, 0.6) is 0 Å². The van der Waals surface area contributed by atoms with Crippen LogP contribution in [0.15, 0.2) is 22.7 Å². The second kappa shape index (κ2) is 6.86. The van der Waals surface area contributed by atoms with Gasteiger partial charge in [0.1, 0.15) is 5.82 Å². The third-order valence-corrected chi connectivity index (χ3v) is 3.58. The number of hydrogen-bond donors (Lipinski definition) is 2. The number of hydrogen-bond acceptors (Lipinski definition) is 2. The van der Waals surface area contributed by atoms with Crippen LogP contribution in [-0.2, 0) is 6.42 Å². The quantitative estimate of drug-likeness (QED) is 0.887. The molecule has 19 heavy (non-hydrogen) atoms. The van der Waals surface area contributed by atoms with Crippen LogP contribution in [-0.4, -0.2) is 43.7 Å². The second-order valence-corrected chi connectivity index (χ2v) is 5.37. The van der Waals surface area contributed by atoms with E-state index in [4.69, 9.17) is 0 Å². The number of rotatable bonds is 3. The van der Waals surface area contributed by atoms with E-state index in [9.17, 15) is 9.18 Å². The van der Waals surface area contributed by atoms with Crippen molar-refractivity contribution >= 4 is 22.0 Å². The molecule has 6 heteroatoms. The number of nitrogens with zero attached hydrogens (tertiary/aromatic N) is 1. The van der Waals surface area contributed by atoms with Crippen molar-refractivity contribution in [3.63, 3.8) is 0 Å². The molecule has 1 saturated heterocycles. The Labute approximate surface area is 120 Å². The average Bonchev–Trinajstić information content (AvgIpc) is 2.43. The van der Waals surface area contributed by atoms with Gasteiger partial charge >= 0.3 is 6.03 Å². The van der Waals surface area contributed by atoms with Gasteiger partial charge < -0.3 is 15.5 Å². The largest absolute Gasteiger partial charge is 0.338 e. The Balaban J connectivity index is 1.79. The molecular weight excluding hydrogens is 313 g/mol. The van der Waals surface area contributed by atoms with E-state index in [1.54, 1.807) is 17.0 Å². The second-order valence-electron chi connectivity index (χ2n) is 4.45. The molecule has 1 aliphatic heterocycles. The van der Waals surface area contributed by atoms with Crippen molar-refractivity contribution in [3.05, 3.63) is 34.1 Å². The molecule has 0 unspecified atom stereocenters. The zero-order chi connectivity index (χ0) is 13.7. The van der Waals surface area contributed by atoms with Gasteiger partial charge in [0.25, 0.3) is 0 Å². The van der Waals surface area contributed by atoms with E-state index in [-0.39, 0.29) is 11.8 Å². The van der Waals surface area contributed by atoms with Crippen LogP contribution in [0.2, 0.25) is 0 Å². The van der Waals surface area contributed by atoms with Gasteiger partial charge in [-0.1, -0.05) is 15.9 Å². The fourth-order valence-corrected chi connectivity index (χ4v) is 2.43. The molecule has 1 aromatic rings. The predicted molar refractivity (Wildman–Crippen MR) is 75.6 cm³/mol. The van der Waals surface area contributed by atoms with Gasteiger partial charge in [-0.3, -0.25) is 0 Å². The molecule has 0 spiro atoms. The summed E-state index contributed by atoms with van der Waals surface area (Å²) in [5.41, 5.74) is 0.606. The predicted octanol–water partition coefficient (Wildman–Crippen LogP) is 1.75. The lowest BCUT2D eigenvalue weighted by Crippen LogP contribution is -2.50. The minimum atomic E-state index is -0.236. The molecule has 0 saturated carbocycles. The normalized spacial score (nSPS) is 15.4. The maximum absolute atomic E-state index is 13.5. The number of amides is 2. The van der Waals surface area contributed by atoms with Crippen molar-refractivity contribution in [2.24, 2.45) is 0 Å². The molecule has 4 nitrogen and oxygen atoms in total. The van der Waals surface area contributed by atoms with Crippen molar-refractivity contribution in [3.8, 4) is 0 Å². The number of urea groups is 1. The number of carbonyl (C=O) groups is 1. The van der Waals surface area contributed by atoms with Gasteiger partial charge in [0, 0.05) is 37.2 Å². The monoisotopic (exact) mass is 329 g/mol. The Bertz CT molecular complexity index is 450. The molecule has 1 heterocycles. The van der Waals surface area contributed by atoms with Crippen molar-refractivity contribution < 1.29 is 9.18 Å². The fourth-order valence-electron chi connectivity index (χ4n) is 2.02. The molecule has 2 rings (SSSR count). The van der Waals surface area contributed by atoms with Crippen LogP contribution in [0.25, 0.3) is 0 Å². The summed E-state index contributed by atoms with van der Waals surface area (Å²) < 4.78 is 14.3. The van der Waals surface area contributed by atoms with Crippen molar-refractivity contribution in [1.29, 1.82) is 0 Å². The van der Waals surface area contributed by atoms with E-state index in [1.165, 1.54) is 6.07 Å². The first-order valence-electron chi connectivity index (χ1n) is 6.34. The zero-order valence-electron chi connectivity index (χ0n) is 10.6. The molecule has 2 amide bonds. The third kappa shape index (κ3) is 4.18. The average molecular weight is 330 g/mol. The molecule has 2 N–H and O–H groups in total. The zero-order valence-corrected chi connectivity index (χ0v) is 12.2. The van der Waals surface area contributed by atoms with Gasteiger partial charge in [-0.15, -0.1) is 0 Å². The smallest absolute Gasteiger partial charge is 0.317 e. The van der Waals surface area contributed by atoms with Crippen LogP contribution < -0.4 is 10.6 Å². The van der Waals surface area contributed by atoms with Gasteiger partial charge in [-0.25, -0.2) is 9.18 Å². The van der Waals surface area contributed by atoms with Crippen LogP contribution in [0.4, 0.5) is 9.18 Å². The van der Waals surface area contributed by atoms with Gasteiger partial charge in [-0.2, -0.15) is 0 Å². The summed E-state index contributed by atoms with van der Waals surface area (Å²) in [7, 11) is 0. The first-order valence-corrected chi connectivity index (χ1v) is 7.13. The lowest BCUT2D eigenvalue weighted by atomic mass is 10.1. The Morgan fingerprint density at radius 3 is 2.89 bits per heavy atom. The Kier molecular flexibility index (Phi) is 5.15. The maximum atomic E-state index is 13.5. The summed E-state index contributed by atoms with van der Waals surface area (Å²) in [5.74, 6) is -0.236. The Hall–Kier alpha value is -1.14. The summed E-state index contributed by atoms with van der Waals surface area (Å²) in [6.45, 7) is 3.53. The van der Waals surface area contributed by atoms with E-state index < -0.39 is 0 Å². The molecule has 1 aromatic carbocycles. The first kappa shape index (κ1) is 14.3. The third-order valence-electron chi connectivity index (χ3n) is 3.08. The van der Waals surface area contributed by atoms with Crippen molar-refractivity contribution in [2.45, 2.75) is 6.42 Å². The van der Waals surface area contributed by atoms with Crippen LogP contribution in [0.1, 0.15) is 5.56 Å².